The molecular formula is C12H15NOS. The van der Waals surface area contributed by atoms with E-state index in [9.17, 15) is 0 Å². The molecule has 0 saturated carbocycles. The lowest BCUT2D eigenvalue weighted by Gasteiger charge is -1.99. The first kappa shape index (κ1) is 10.5. The fraction of sp³-hybridized carbons (Fsp3) is 0.333. The Kier molecular flexibility index (Phi) is 3.59. The van der Waals surface area contributed by atoms with Crippen molar-refractivity contribution in [2.45, 2.75) is 26.4 Å². The molecule has 1 N–H and O–H groups in total. The van der Waals surface area contributed by atoms with Crippen molar-refractivity contribution < 1.29 is 4.42 Å². The summed E-state index contributed by atoms with van der Waals surface area (Å²) in [6.07, 6.45) is 2.83. The van der Waals surface area contributed by atoms with Crippen LogP contribution in [-0.2, 0) is 19.5 Å². The van der Waals surface area contributed by atoms with Crippen molar-refractivity contribution in [3.63, 3.8) is 0 Å². The van der Waals surface area contributed by atoms with E-state index in [1.807, 2.05) is 23.5 Å². The highest BCUT2D eigenvalue weighted by Gasteiger charge is 1.99. The molecule has 0 bridgehead atoms. The number of aryl methyl sites for hydroxylation is 1. The maximum absolute atomic E-state index is 5.24. The number of rotatable bonds is 5. The molecule has 2 heterocycles. The topological polar surface area (TPSA) is 25.2 Å². The molecule has 15 heavy (non-hydrogen) atoms. The average Bonchev–Trinajstić information content (AvgIpc) is 2.88. The Hall–Kier alpha value is -1.06. The normalized spacial score (nSPS) is 10.7. The zero-order valence-electron chi connectivity index (χ0n) is 8.82. The van der Waals surface area contributed by atoms with Crippen molar-refractivity contribution in [1.82, 2.24) is 5.32 Å². The molecule has 80 valence electrons. The van der Waals surface area contributed by atoms with Crippen molar-refractivity contribution in [1.29, 1.82) is 0 Å². The van der Waals surface area contributed by atoms with Gasteiger partial charge in [0.1, 0.15) is 5.76 Å². The Morgan fingerprint density at radius 3 is 2.73 bits per heavy atom. The van der Waals surface area contributed by atoms with Gasteiger partial charge in [-0.1, -0.05) is 6.92 Å². The van der Waals surface area contributed by atoms with Crippen LogP contribution in [-0.4, -0.2) is 0 Å². The van der Waals surface area contributed by atoms with E-state index in [0.717, 1.165) is 25.3 Å². The van der Waals surface area contributed by atoms with Gasteiger partial charge in [0, 0.05) is 16.3 Å². The number of thiophene rings is 1. The van der Waals surface area contributed by atoms with Crippen LogP contribution in [0.2, 0.25) is 0 Å². The van der Waals surface area contributed by atoms with Gasteiger partial charge in [0.05, 0.1) is 12.8 Å². The zero-order chi connectivity index (χ0) is 10.5. The molecule has 0 radical (unpaired) electrons. The summed E-state index contributed by atoms with van der Waals surface area (Å²) in [6, 6.07) is 8.30. The van der Waals surface area contributed by atoms with Crippen molar-refractivity contribution in [3.05, 3.63) is 46.0 Å². The third kappa shape index (κ3) is 2.94. The average molecular weight is 221 g/mol. The van der Waals surface area contributed by atoms with Crippen LogP contribution in [0.25, 0.3) is 0 Å². The van der Waals surface area contributed by atoms with Crippen LogP contribution in [0.4, 0.5) is 0 Å². The van der Waals surface area contributed by atoms with Gasteiger partial charge in [-0.05, 0) is 30.7 Å². The Labute approximate surface area is 93.9 Å². The molecule has 3 heteroatoms. The molecule has 0 fully saturated rings. The van der Waals surface area contributed by atoms with E-state index in [2.05, 4.69) is 24.4 Å². The van der Waals surface area contributed by atoms with Crippen LogP contribution >= 0.6 is 11.3 Å². The molecule has 0 spiro atoms. The second kappa shape index (κ2) is 5.14. The molecule has 0 aromatic carbocycles. The number of hydrogen-bond acceptors (Lipinski definition) is 3. The lowest BCUT2D eigenvalue weighted by Crippen LogP contribution is -2.10. The minimum atomic E-state index is 0.798. The first-order valence-electron chi connectivity index (χ1n) is 5.19. The smallest absolute Gasteiger partial charge is 0.117 e. The largest absolute Gasteiger partial charge is 0.468 e. The van der Waals surface area contributed by atoms with Crippen LogP contribution in [0.3, 0.4) is 0 Å². The monoisotopic (exact) mass is 221 g/mol. The molecule has 0 saturated heterocycles. The number of nitrogens with one attached hydrogen (secondary N) is 1. The molecule has 0 aliphatic rings. The van der Waals surface area contributed by atoms with Gasteiger partial charge in [-0.3, -0.25) is 0 Å². The minimum absolute atomic E-state index is 0.798. The highest BCUT2D eigenvalue weighted by molar-refractivity contribution is 7.11. The Balaban J connectivity index is 1.78. The van der Waals surface area contributed by atoms with E-state index >= 15 is 0 Å². The fourth-order valence-electron chi connectivity index (χ4n) is 1.43. The maximum atomic E-state index is 5.24. The van der Waals surface area contributed by atoms with Crippen molar-refractivity contribution in [2.24, 2.45) is 0 Å². The fourth-order valence-corrected chi connectivity index (χ4v) is 2.36. The molecule has 2 aromatic heterocycles. The second-order valence-electron chi connectivity index (χ2n) is 3.40. The van der Waals surface area contributed by atoms with Crippen molar-refractivity contribution in [3.8, 4) is 0 Å². The predicted molar refractivity (Wildman–Crippen MR) is 62.9 cm³/mol. The highest BCUT2D eigenvalue weighted by atomic mass is 32.1. The molecule has 0 amide bonds. The summed E-state index contributed by atoms with van der Waals surface area (Å²) in [6.45, 7) is 3.91. The zero-order valence-corrected chi connectivity index (χ0v) is 9.64. The van der Waals surface area contributed by atoms with Gasteiger partial charge >= 0.3 is 0 Å². The van der Waals surface area contributed by atoms with Gasteiger partial charge in [0.2, 0.25) is 0 Å². The molecule has 0 atom stereocenters. The molecule has 0 aliphatic carbocycles. The summed E-state index contributed by atoms with van der Waals surface area (Å²) in [5, 5.41) is 3.36. The summed E-state index contributed by atoms with van der Waals surface area (Å²) in [5.41, 5.74) is 0. The quantitative estimate of drug-likeness (QED) is 0.838. The first-order valence-corrected chi connectivity index (χ1v) is 6.01. The van der Waals surface area contributed by atoms with Gasteiger partial charge < -0.3 is 9.73 Å². The molecular weight excluding hydrogens is 206 g/mol. The Morgan fingerprint density at radius 1 is 1.20 bits per heavy atom. The van der Waals surface area contributed by atoms with Crippen LogP contribution < -0.4 is 5.32 Å². The van der Waals surface area contributed by atoms with E-state index in [-0.39, 0.29) is 0 Å². The third-order valence-corrected chi connectivity index (χ3v) is 3.47. The van der Waals surface area contributed by atoms with E-state index in [1.165, 1.54) is 9.75 Å². The Morgan fingerprint density at radius 2 is 2.07 bits per heavy atom. The summed E-state index contributed by atoms with van der Waals surface area (Å²) >= 11 is 1.88. The SMILES string of the molecule is CCc1ccc(CNCc2ccco2)s1. The van der Waals surface area contributed by atoms with E-state index in [0.29, 0.717) is 0 Å². The third-order valence-electron chi connectivity index (χ3n) is 2.24. The molecule has 2 aromatic rings. The van der Waals surface area contributed by atoms with Crippen molar-refractivity contribution >= 4 is 11.3 Å². The van der Waals surface area contributed by atoms with Crippen LogP contribution in [0.1, 0.15) is 22.4 Å². The molecule has 2 nitrogen and oxygen atoms in total. The van der Waals surface area contributed by atoms with Gasteiger partial charge in [-0.15, -0.1) is 11.3 Å². The number of hydrogen-bond donors (Lipinski definition) is 1. The van der Waals surface area contributed by atoms with Crippen LogP contribution in [0, 0.1) is 0 Å². The van der Waals surface area contributed by atoms with Gasteiger partial charge in [0.25, 0.3) is 0 Å². The van der Waals surface area contributed by atoms with Gasteiger partial charge in [0.15, 0.2) is 0 Å². The molecule has 2 rings (SSSR count). The van der Waals surface area contributed by atoms with Gasteiger partial charge in [-0.25, -0.2) is 0 Å². The first-order chi connectivity index (χ1) is 7.38. The lowest BCUT2D eigenvalue weighted by atomic mass is 10.3. The van der Waals surface area contributed by atoms with Crippen molar-refractivity contribution in [2.75, 3.05) is 0 Å². The van der Waals surface area contributed by atoms with E-state index < -0.39 is 0 Å². The second-order valence-corrected chi connectivity index (χ2v) is 4.66. The summed E-state index contributed by atoms with van der Waals surface area (Å²) < 4.78 is 5.24. The van der Waals surface area contributed by atoms with Crippen LogP contribution in [0.5, 0.6) is 0 Å². The summed E-state index contributed by atoms with van der Waals surface area (Å²) in [5.74, 6) is 0.988. The maximum Gasteiger partial charge on any atom is 0.117 e. The highest BCUT2D eigenvalue weighted by Crippen LogP contribution is 2.16. The lowest BCUT2D eigenvalue weighted by molar-refractivity contribution is 0.483. The molecule has 0 unspecified atom stereocenters. The summed E-state index contributed by atoms with van der Waals surface area (Å²) in [4.78, 5) is 2.84. The van der Waals surface area contributed by atoms with Gasteiger partial charge in [-0.2, -0.15) is 0 Å². The predicted octanol–water partition coefficient (Wildman–Crippen LogP) is 3.19. The van der Waals surface area contributed by atoms with E-state index in [4.69, 9.17) is 4.42 Å². The Bertz CT molecular complexity index is 391. The van der Waals surface area contributed by atoms with Crippen LogP contribution in [0.15, 0.2) is 34.9 Å². The van der Waals surface area contributed by atoms with E-state index in [1.54, 1.807) is 6.26 Å². The number of furan rings is 1. The minimum Gasteiger partial charge on any atom is -0.468 e. The molecule has 0 aliphatic heterocycles. The summed E-state index contributed by atoms with van der Waals surface area (Å²) in [7, 11) is 0. The standard InChI is InChI=1S/C12H15NOS/c1-2-11-5-6-12(15-11)9-13-8-10-4-3-7-14-10/h3-7,13H,2,8-9H2,1H3.